The number of nitrogens with two attached hydrogens (primary N) is 1. The van der Waals surface area contributed by atoms with Gasteiger partial charge in [-0.15, -0.1) is 0 Å². The zero-order valence-corrected chi connectivity index (χ0v) is 10.3. The van der Waals surface area contributed by atoms with Crippen LogP contribution in [0.3, 0.4) is 0 Å². The highest BCUT2D eigenvalue weighted by atomic mass is 16.7. The van der Waals surface area contributed by atoms with Gasteiger partial charge in [-0.25, -0.2) is 0 Å². The van der Waals surface area contributed by atoms with Crippen molar-refractivity contribution >= 4 is 6.01 Å². The third-order valence-corrected chi connectivity index (χ3v) is 2.85. The number of anilines is 1. The number of ether oxygens (including phenoxy) is 2. The molecule has 0 bridgehead atoms. The van der Waals surface area contributed by atoms with Gasteiger partial charge in [-0.05, 0) is 24.1 Å². The van der Waals surface area contributed by atoms with Gasteiger partial charge in [0.1, 0.15) is 0 Å². The molecular weight excluding hydrogens is 232 g/mol. The van der Waals surface area contributed by atoms with Crippen LogP contribution in [0.4, 0.5) is 6.01 Å². The van der Waals surface area contributed by atoms with Gasteiger partial charge in [0.05, 0.1) is 5.69 Å². The number of rotatable bonds is 2. The van der Waals surface area contributed by atoms with Crippen molar-refractivity contribution in [3.63, 3.8) is 0 Å². The summed E-state index contributed by atoms with van der Waals surface area (Å²) in [5, 5.41) is 0. The average molecular weight is 246 g/mol. The molecule has 5 heteroatoms. The van der Waals surface area contributed by atoms with E-state index in [9.17, 15) is 0 Å². The summed E-state index contributed by atoms with van der Waals surface area (Å²) >= 11 is 0. The van der Waals surface area contributed by atoms with Gasteiger partial charge in [-0.1, -0.05) is 13.8 Å². The minimum Gasteiger partial charge on any atom is -0.454 e. The molecule has 94 valence electrons. The van der Waals surface area contributed by atoms with E-state index in [1.54, 1.807) is 0 Å². The number of oxazole rings is 1. The highest BCUT2D eigenvalue weighted by molar-refractivity contribution is 5.66. The minimum absolute atomic E-state index is 0.186. The zero-order valence-electron chi connectivity index (χ0n) is 10.3. The number of fused-ring (bicyclic) bond motifs is 1. The van der Waals surface area contributed by atoms with Gasteiger partial charge < -0.3 is 19.6 Å². The topological polar surface area (TPSA) is 70.5 Å². The molecule has 0 atom stereocenters. The van der Waals surface area contributed by atoms with Crippen LogP contribution >= 0.6 is 0 Å². The molecule has 0 unspecified atom stereocenters. The van der Waals surface area contributed by atoms with Crippen LogP contribution in [-0.2, 0) is 0 Å². The Morgan fingerprint density at radius 2 is 2.00 bits per heavy atom. The summed E-state index contributed by atoms with van der Waals surface area (Å²) in [6.45, 7) is 4.36. The number of hydrogen-bond acceptors (Lipinski definition) is 5. The first-order valence-electron chi connectivity index (χ1n) is 5.81. The van der Waals surface area contributed by atoms with Crippen LogP contribution in [0.2, 0.25) is 0 Å². The molecule has 0 saturated heterocycles. The first kappa shape index (κ1) is 11.0. The second-order valence-corrected chi connectivity index (χ2v) is 4.49. The van der Waals surface area contributed by atoms with Crippen molar-refractivity contribution in [2.24, 2.45) is 0 Å². The van der Waals surface area contributed by atoms with Crippen LogP contribution in [0.25, 0.3) is 11.3 Å². The molecule has 0 amide bonds. The molecule has 3 rings (SSSR count). The summed E-state index contributed by atoms with van der Waals surface area (Å²) in [5.41, 5.74) is 7.38. The molecule has 18 heavy (non-hydrogen) atoms. The predicted molar refractivity (Wildman–Crippen MR) is 66.6 cm³/mol. The average Bonchev–Trinajstić information content (AvgIpc) is 2.93. The summed E-state index contributed by atoms with van der Waals surface area (Å²) in [5.74, 6) is 2.40. The lowest BCUT2D eigenvalue weighted by atomic mass is 10.0. The molecule has 1 aliphatic rings. The Kier molecular flexibility index (Phi) is 2.40. The fraction of sp³-hybridized carbons (Fsp3) is 0.308. The van der Waals surface area contributed by atoms with E-state index < -0.39 is 0 Å². The lowest BCUT2D eigenvalue weighted by molar-refractivity contribution is 0.174. The summed E-state index contributed by atoms with van der Waals surface area (Å²) in [4.78, 5) is 4.22. The third-order valence-electron chi connectivity index (χ3n) is 2.85. The number of nitrogens with zero attached hydrogens (tertiary/aromatic N) is 1. The van der Waals surface area contributed by atoms with Crippen LogP contribution in [-0.4, -0.2) is 11.8 Å². The standard InChI is InChI=1S/C13H14N2O3/c1-7(2)11-12(18-13(14)15-11)8-3-4-9-10(5-8)17-6-16-9/h3-5,7H,6H2,1-2H3,(H2,14,15). The van der Waals surface area contributed by atoms with E-state index in [0.717, 1.165) is 22.8 Å². The SMILES string of the molecule is CC(C)c1nc(N)oc1-c1ccc2c(c1)OCO2. The summed E-state index contributed by atoms with van der Waals surface area (Å²) in [6.07, 6.45) is 0. The second kappa shape index (κ2) is 3.94. The number of hydrogen-bond donors (Lipinski definition) is 1. The molecule has 0 spiro atoms. The molecule has 0 saturated carbocycles. The monoisotopic (exact) mass is 246 g/mol. The molecule has 1 aromatic carbocycles. The van der Waals surface area contributed by atoms with Gasteiger partial charge in [0.2, 0.25) is 6.79 Å². The second-order valence-electron chi connectivity index (χ2n) is 4.49. The number of aromatic nitrogens is 1. The van der Waals surface area contributed by atoms with Gasteiger partial charge in [0, 0.05) is 5.56 Å². The van der Waals surface area contributed by atoms with E-state index in [4.69, 9.17) is 19.6 Å². The smallest absolute Gasteiger partial charge is 0.292 e. The maximum atomic E-state index is 5.63. The van der Waals surface area contributed by atoms with Gasteiger partial charge in [-0.3, -0.25) is 0 Å². The Hall–Kier alpha value is -2.17. The Labute approximate surface area is 105 Å². The van der Waals surface area contributed by atoms with Gasteiger partial charge in [0.15, 0.2) is 17.3 Å². The molecule has 5 nitrogen and oxygen atoms in total. The first-order valence-corrected chi connectivity index (χ1v) is 5.81. The molecule has 0 radical (unpaired) electrons. The van der Waals surface area contributed by atoms with Gasteiger partial charge in [0.25, 0.3) is 6.01 Å². The number of benzene rings is 1. The van der Waals surface area contributed by atoms with Gasteiger partial charge in [-0.2, -0.15) is 4.98 Å². The van der Waals surface area contributed by atoms with E-state index in [0.29, 0.717) is 5.76 Å². The third kappa shape index (κ3) is 1.68. The summed E-state index contributed by atoms with van der Waals surface area (Å²) < 4.78 is 16.1. The highest BCUT2D eigenvalue weighted by Gasteiger charge is 2.20. The van der Waals surface area contributed by atoms with Crippen molar-refractivity contribution < 1.29 is 13.9 Å². The van der Waals surface area contributed by atoms with Crippen molar-refractivity contribution in [2.45, 2.75) is 19.8 Å². The number of nitrogen functional groups attached to an aromatic ring is 1. The van der Waals surface area contributed by atoms with Crippen LogP contribution in [0.5, 0.6) is 11.5 Å². The van der Waals surface area contributed by atoms with Gasteiger partial charge >= 0.3 is 0 Å². The molecule has 0 fully saturated rings. The molecule has 2 N–H and O–H groups in total. The quantitative estimate of drug-likeness (QED) is 0.882. The largest absolute Gasteiger partial charge is 0.454 e. The van der Waals surface area contributed by atoms with E-state index in [-0.39, 0.29) is 18.7 Å². The maximum absolute atomic E-state index is 5.63. The van der Waals surface area contributed by atoms with E-state index in [2.05, 4.69) is 4.98 Å². The Bertz CT molecular complexity index is 590. The summed E-state index contributed by atoms with van der Waals surface area (Å²) in [7, 11) is 0. The fourth-order valence-corrected chi connectivity index (χ4v) is 1.99. The minimum atomic E-state index is 0.186. The van der Waals surface area contributed by atoms with Crippen molar-refractivity contribution in [3.8, 4) is 22.8 Å². The molecular formula is C13H14N2O3. The lowest BCUT2D eigenvalue weighted by Crippen LogP contribution is -1.93. The Balaban J connectivity index is 2.09. The normalized spacial score (nSPS) is 13.3. The van der Waals surface area contributed by atoms with Crippen molar-refractivity contribution in [1.29, 1.82) is 0 Å². The van der Waals surface area contributed by atoms with Crippen molar-refractivity contribution in [1.82, 2.24) is 4.98 Å². The van der Waals surface area contributed by atoms with E-state index >= 15 is 0 Å². The van der Waals surface area contributed by atoms with E-state index in [1.165, 1.54) is 0 Å². The van der Waals surface area contributed by atoms with Crippen molar-refractivity contribution in [2.75, 3.05) is 12.5 Å². The predicted octanol–water partition coefficient (Wildman–Crippen LogP) is 2.78. The molecule has 1 aromatic heterocycles. The Morgan fingerprint density at radius 1 is 1.22 bits per heavy atom. The van der Waals surface area contributed by atoms with Crippen LogP contribution in [0.15, 0.2) is 22.6 Å². The van der Waals surface area contributed by atoms with E-state index in [1.807, 2.05) is 32.0 Å². The molecule has 0 aliphatic carbocycles. The Morgan fingerprint density at radius 3 is 2.78 bits per heavy atom. The maximum Gasteiger partial charge on any atom is 0.292 e. The highest BCUT2D eigenvalue weighted by Crippen LogP contribution is 2.38. The fourth-order valence-electron chi connectivity index (χ4n) is 1.99. The van der Waals surface area contributed by atoms with Crippen LogP contribution in [0, 0.1) is 0 Å². The molecule has 2 heterocycles. The lowest BCUT2D eigenvalue weighted by Gasteiger charge is -2.04. The summed E-state index contributed by atoms with van der Waals surface area (Å²) in [6, 6.07) is 5.85. The van der Waals surface area contributed by atoms with Crippen LogP contribution in [0.1, 0.15) is 25.5 Å². The molecule has 1 aliphatic heterocycles. The first-order chi connectivity index (χ1) is 8.65. The van der Waals surface area contributed by atoms with Crippen molar-refractivity contribution in [3.05, 3.63) is 23.9 Å². The van der Waals surface area contributed by atoms with Crippen LogP contribution < -0.4 is 15.2 Å². The zero-order chi connectivity index (χ0) is 12.7. The molecule has 2 aromatic rings.